The Morgan fingerprint density at radius 3 is 2.09 bits per heavy atom. The van der Waals surface area contributed by atoms with Crippen LogP contribution in [-0.4, -0.2) is 32.9 Å². The van der Waals surface area contributed by atoms with Crippen LogP contribution in [0.2, 0.25) is 0 Å². The van der Waals surface area contributed by atoms with Crippen molar-refractivity contribution in [1.29, 1.82) is 0 Å². The number of methoxy groups -OCH3 is 1. The highest BCUT2D eigenvalue weighted by atomic mass is 16.5. The van der Waals surface area contributed by atoms with Crippen LogP contribution in [-0.2, 0) is 4.74 Å². The van der Waals surface area contributed by atoms with E-state index in [0.717, 1.165) is 18.6 Å². The topological polar surface area (TPSA) is 54.0 Å². The number of aryl methyl sites for hydroxylation is 1. The molecule has 32 heavy (non-hydrogen) atoms. The molecule has 0 heterocycles. The molecule has 0 aliphatic heterocycles. The first-order chi connectivity index (χ1) is 15.6. The van der Waals surface area contributed by atoms with Gasteiger partial charge in [0.1, 0.15) is 19.0 Å². The number of benzene rings is 2. The molecule has 0 saturated heterocycles. The van der Waals surface area contributed by atoms with Crippen LogP contribution in [0.15, 0.2) is 42.5 Å². The van der Waals surface area contributed by atoms with Crippen molar-refractivity contribution in [2.24, 2.45) is 0 Å². The molecule has 2 aromatic carbocycles. The van der Waals surface area contributed by atoms with Gasteiger partial charge in [-0.15, -0.1) is 0 Å². The standard InChI is InChI=1S/C27H38O5/c1-4-5-6-7-8-9-10-11-18-32-27(28)23-14-17-25(26(21-23)29-3)31-20-19-30-24-15-12-22(2)13-16-24/h12-17,21H,4-11,18-20H2,1-3H3. The van der Waals surface area contributed by atoms with Crippen LogP contribution in [0.5, 0.6) is 17.2 Å². The van der Waals surface area contributed by atoms with Gasteiger partial charge in [-0.1, -0.05) is 69.6 Å². The summed E-state index contributed by atoms with van der Waals surface area (Å²) in [6.07, 6.45) is 9.70. The summed E-state index contributed by atoms with van der Waals surface area (Å²) in [5.74, 6) is 1.54. The lowest BCUT2D eigenvalue weighted by molar-refractivity contribution is 0.0497. The fourth-order valence-corrected chi connectivity index (χ4v) is 3.34. The lowest BCUT2D eigenvalue weighted by atomic mass is 10.1. The van der Waals surface area contributed by atoms with E-state index in [4.69, 9.17) is 18.9 Å². The van der Waals surface area contributed by atoms with Crippen molar-refractivity contribution >= 4 is 5.97 Å². The summed E-state index contributed by atoms with van der Waals surface area (Å²) in [6.45, 7) is 5.49. The molecule has 2 aromatic rings. The SMILES string of the molecule is CCCCCCCCCCOC(=O)c1ccc(OCCOc2ccc(C)cc2)c(OC)c1. The molecule has 0 saturated carbocycles. The van der Waals surface area contributed by atoms with Crippen LogP contribution in [0.4, 0.5) is 0 Å². The van der Waals surface area contributed by atoms with Crippen LogP contribution in [0.3, 0.4) is 0 Å². The maximum atomic E-state index is 12.3. The monoisotopic (exact) mass is 442 g/mol. The van der Waals surface area contributed by atoms with Crippen LogP contribution < -0.4 is 14.2 Å². The highest BCUT2D eigenvalue weighted by Gasteiger charge is 2.12. The van der Waals surface area contributed by atoms with Gasteiger partial charge >= 0.3 is 5.97 Å². The maximum absolute atomic E-state index is 12.3. The van der Waals surface area contributed by atoms with Crippen molar-refractivity contribution in [2.75, 3.05) is 26.9 Å². The average molecular weight is 443 g/mol. The van der Waals surface area contributed by atoms with Crippen LogP contribution in [0.25, 0.3) is 0 Å². The quantitative estimate of drug-likeness (QED) is 0.212. The van der Waals surface area contributed by atoms with E-state index in [9.17, 15) is 4.79 Å². The van der Waals surface area contributed by atoms with E-state index in [1.54, 1.807) is 25.3 Å². The van der Waals surface area contributed by atoms with Gasteiger partial charge in [0.2, 0.25) is 0 Å². The number of rotatable bonds is 16. The third kappa shape index (κ3) is 9.63. The van der Waals surface area contributed by atoms with Gasteiger partial charge in [0.25, 0.3) is 0 Å². The maximum Gasteiger partial charge on any atom is 0.338 e. The fourth-order valence-electron chi connectivity index (χ4n) is 3.34. The zero-order chi connectivity index (χ0) is 23.0. The van der Waals surface area contributed by atoms with Gasteiger partial charge in [0, 0.05) is 0 Å². The summed E-state index contributed by atoms with van der Waals surface area (Å²) >= 11 is 0. The molecule has 0 spiro atoms. The predicted molar refractivity (Wildman–Crippen MR) is 128 cm³/mol. The second-order valence-corrected chi connectivity index (χ2v) is 7.99. The summed E-state index contributed by atoms with van der Waals surface area (Å²) in [5.41, 5.74) is 1.65. The number of carbonyl (C=O) groups excluding carboxylic acids is 1. The second kappa shape index (κ2) is 15.2. The Labute approximate surface area is 193 Å². The van der Waals surface area contributed by atoms with Gasteiger partial charge in [-0.2, -0.15) is 0 Å². The Hall–Kier alpha value is -2.69. The van der Waals surface area contributed by atoms with E-state index in [2.05, 4.69) is 6.92 Å². The minimum atomic E-state index is -0.333. The number of esters is 1. The molecule has 0 bridgehead atoms. The van der Waals surface area contributed by atoms with Gasteiger partial charge in [-0.25, -0.2) is 4.79 Å². The number of unbranched alkanes of at least 4 members (excludes halogenated alkanes) is 7. The second-order valence-electron chi connectivity index (χ2n) is 7.99. The van der Waals surface area contributed by atoms with Crippen molar-refractivity contribution < 1.29 is 23.7 Å². The lowest BCUT2D eigenvalue weighted by Gasteiger charge is -2.13. The number of carbonyl (C=O) groups is 1. The number of ether oxygens (including phenoxy) is 4. The van der Waals surface area contributed by atoms with E-state index < -0.39 is 0 Å². The van der Waals surface area contributed by atoms with Gasteiger partial charge < -0.3 is 18.9 Å². The molecule has 2 rings (SSSR count). The number of hydrogen-bond donors (Lipinski definition) is 0. The van der Waals surface area contributed by atoms with E-state index >= 15 is 0 Å². The Bertz CT molecular complexity index is 785. The van der Waals surface area contributed by atoms with Crippen molar-refractivity contribution in [3.05, 3.63) is 53.6 Å². The molecule has 0 aromatic heterocycles. The molecule has 0 N–H and O–H groups in total. The lowest BCUT2D eigenvalue weighted by Crippen LogP contribution is -2.10. The smallest absolute Gasteiger partial charge is 0.338 e. The zero-order valence-corrected chi connectivity index (χ0v) is 19.9. The Morgan fingerprint density at radius 2 is 1.41 bits per heavy atom. The molecule has 0 atom stereocenters. The molecule has 0 radical (unpaired) electrons. The van der Waals surface area contributed by atoms with Gasteiger partial charge in [0.15, 0.2) is 11.5 Å². The molecule has 176 valence electrons. The predicted octanol–water partition coefficient (Wildman–Crippen LogP) is 6.76. The molecule has 0 unspecified atom stereocenters. The molecule has 0 aliphatic carbocycles. The van der Waals surface area contributed by atoms with E-state index in [0.29, 0.717) is 36.9 Å². The highest BCUT2D eigenvalue weighted by molar-refractivity contribution is 5.90. The minimum absolute atomic E-state index is 0.333. The van der Waals surface area contributed by atoms with Crippen LogP contribution >= 0.6 is 0 Å². The highest BCUT2D eigenvalue weighted by Crippen LogP contribution is 2.28. The van der Waals surface area contributed by atoms with E-state index in [1.807, 2.05) is 31.2 Å². The van der Waals surface area contributed by atoms with Gasteiger partial charge in [-0.05, 0) is 43.7 Å². The Morgan fingerprint density at radius 1 is 0.750 bits per heavy atom. The molecule has 0 aliphatic rings. The van der Waals surface area contributed by atoms with Crippen LogP contribution in [0, 0.1) is 6.92 Å². The van der Waals surface area contributed by atoms with E-state index in [-0.39, 0.29) is 5.97 Å². The minimum Gasteiger partial charge on any atom is -0.493 e. The summed E-state index contributed by atoms with van der Waals surface area (Å²) in [6, 6.07) is 13.0. The molecular weight excluding hydrogens is 404 g/mol. The zero-order valence-electron chi connectivity index (χ0n) is 19.9. The third-order valence-electron chi connectivity index (χ3n) is 5.26. The molecule has 0 fully saturated rings. The molecular formula is C27H38O5. The van der Waals surface area contributed by atoms with Gasteiger partial charge in [-0.3, -0.25) is 0 Å². The summed E-state index contributed by atoms with van der Waals surface area (Å²) < 4.78 is 22.2. The summed E-state index contributed by atoms with van der Waals surface area (Å²) in [7, 11) is 1.56. The molecule has 0 amide bonds. The number of hydrogen-bond acceptors (Lipinski definition) is 5. The Balaban J connectivity index is 1.68. The summed E-state index contributed by atoms with van der Waals surface area (Å²) in [4.78, 5) is 12.3. The largest absolute Gasteiger partial charge is 0.493 e. The van der Waals surface area contributed by atoms with E-state index in [1.165, 1.54) is 44.1 Å². The Kier molecular flexibility index (Phi) is 12.1. The van der Waals surface area contributed by atoms with Crippen molar-refractivity contribution in [3.63, 3.8) is 0 Å². The van der Waals surface area contributed by atoms with Crippen molar-refractivity contribution in [1.82, 2.24) is 0 Å². The molecule has 5 heteroatoms. The third-order valence-corrected chi connectivity index (χ3v) is 5.26. The van der Waals surface area contributed by atoms with Crippen molar-refractivity contribution in [2.45, 2.75) is 65.2 Å². The molecule has 5 nitrogen and oxygen atoms in total. The summed E-state index contributed by atoms with van der Waals surface area (Å²) in [5, 5.41) is 0. The van der Waals surface area contributed by atoms with Crippen LogP contribution in [0.1, 0.15) is 74.2 Å². The normalized spacial score (nSPS) is 10.6. The first-order valence-electron chi connectivity index (χ1n) is 11.8. The van der Waals surface area contributed by atoms with Crippen molar-refractivity contribution in [3.8, 4) is 17.2 Å². The first kappa shape index (κ1) is 25.6. The fraction of sp³-hybridized carbons (Fsp3) is 0.519. The first-order valence-corrected chi connectivity index (χ1v) is 11.8. The average Bonchev–Trinajstić information content (AvgIpc) is 2.81. The van der Waals surface area contributed by atoms with Gasteiger partial charge in [0.05, 0.1) is 19.3 Å².